The highest BCUT2D eigenvalue weighted by Crippen LogP contribution is 2.48. The summed E-state index contributed by atoms with van der Waals surface area (Å²) in [5.74, 6) is -0.487. The predicted octanol–water partition coefficient (Wildman–Crippen LogP) is 4.52. The highest BCUT2D eigenvalue weighted by atomic mass is 16.6. The number of carbonyl (C=O) groups excluding carboxylic acids is 1. The van der Waals surface area contributed by atoms with Gasteiger partial charge in [0.15, 0.2) is 5.78 Å². The van der Waals surface area contributed by atoms with E-state index in [1.54, 1.807) is 23.1 Å². The highest BCUT2D eigenvalue weighted by molar-refractivity contribution is 6.01. The van der Waals surface area contributed by atoms with Crippen molar-refractivity contribution < 1.29 is 9.72 Å². The van der Waals surface area contributed by atoms with Crippen molar-refractivity contribution in [2.45, 2.75) is 39.0 Å². The Bertz CT molecular complexity index is 1220. The molecule has 4 rings (SSSR count). The van der Waals surface area contributed by atoms with Crippen molar-refractivity contribution in [1.82, 2.24) is 0 Å². The van der Waals surface area contributed by atoms with Crippen molar-refractivity contribution in [3.8, 4) is 6.07 Å². The summed E-state index contributed by atoms with van der Waals surface area (Å²) in [6, 6.07) is 14.4. The van der Waals surface area contributed by atoms with E-state index in [1.165, 1.54) is 6.07 Å². The molecule has 31 heavy (non-hydrogen) atoms. The third kappa shape index (κ3) is 3.26. The monoisotopic (exact) mass is 414 g/mol. The highest BCUT2D eigenvalue weighted by Gasteiger charge is 2.42. The number of hydrogen-bond acceptors (Lipinski definition) is 6. The molecular weight excluding hydrogens is 392 g/mol. The van der Waals surface area contributed by atoms with Crippen LogP contribution in [0, 0.1) is 35.3 Å². The number of rotatable bonds is 3. The smallest absolute Gasteiger partial charge is 0.293 e. The van der Waals surface area contributed by atoms with Gasteiger partial charge < -0.3 is 5.73 Å². The molecule has 0 aromatic heterocycles. The molecule has 0 saturated carbocycles. The molecule has 2 aromatic rings. The summed E-state index contributed by atoms with van der Waals surface area (Å²) in [4.78, 5) is 25.9. The van der Waals surface area contributed by atoms with Crippen molar-refractivity contribution in [2.24, 2.45) is 5.73 Å². The normalized spacial score (nSPS) is 18.7. The number of anilines is 1. The van der Waals surface area contributed by atoms with Gasteiger partial charge in [0.2, 0.25) is 0 Å². The maximum absolute atomic E-state index is 13.2. The van der Waals surface area contributed by atoms with Crippen molar-refractivity contribution in [3.63, 3.8) is 0 Å². The topological polar surface area (TPSA) is 113 Å². The Labute approximate surface area is 180 Å². The van der Waals surface area contributed by atoms with Crippen LogP contribution in [0.5, 0.6) is 0 Å². The van der Waals surface area contributed by atoms with Gasteiger partial charge in [-0.2, -0.15) is 5.26 Å². The van der Waals surface area contributed by atoms with Gasteiger partial charge in [-0.25, -0.2) is 0 Å². The number of allylic oxidation sites excluding steroid dienone is 3. The zero-order valence-corrected chi connectivity index (χ0v) is 17.4. The first-order valence-electron chi connectivity index (χ1n) is 10.1. The lowest BCUT2D eigenvalue weighted by Crippen LogP contribution is -2.39. The number of Topliss-reactive ketones (excluding diaryl/α,β-unsaturated/α-hetero) is 1. The van der Waals surface area contributed by atoms with Crippen molar-refractivity contribution in [1.29, 1.82) is 5.26 Å². The van der Waals surface area contributed by atoms with Crippen molar-refractivity contribution in [2.75, 3.05) is 4.90 Å². The molecule has 0 fully saturated rings. The molecule has 7 nitrogen and oxygen atoms in total. The molecule has 7 heteroatoms. The Morgan fingerprint density at radius 3 is 2.65 bits per heavy atom. The molecule has 0 bridgehead atoms. The number of para-hydroxylation sites is 2. The van der Waals surface area contributed by atoms with Crippen LogP contribution in [0.15, 0.2) is 65.1 Å². The van der Waals surface area contributed by atoms with E-state index < -0.39 is 10.8 Å². The molecule has 0 saturated heterocycles. The van der Waals surface area contributed by atoms with E-state index in [-0.39, 0.29) is 28.6 Å². The standard InChI is InChI=1S/C24H22N4O3/c1-14-10-11-15(2)16(12-14)22-17(13-25)24(26)27(20-8-5-9-21(29)23(20)22)18-6-3-4-7-19(18)28(30)31/h3-4,6-7,10-12,22H,5,8-9,26H2,1-2H3. The summed E-state index contributed by atoms with van der Waals surface area (Å²) in [6.45, 7) is 3.91. The third-order valence-corrected chi connectivity index (χ3v) is 5.98. The first kappa shape index (κ1) is 20.4. The van der Waals surface area contributed by atoms with Crippen LogP contribution in [0.2, 0.25) is 0 Å². The molecule has 0 amide bonds. The van der Waals surface area contributed by atoms with Gasteiger partial charge in [-0.3, -0.25) is 19.8 Å². The minimum absolute atomic E-state index is 0.0454. The lowest BCUT2D eigenvalue weighted by molar-refractivity contribution is -0.384. The molecular formula is C24H22N4O3. The Balaban J connectivity index is 2.04. The van der Waals surface area contributed by atoms with E-state index in [1.807, 2.05) is 32.0 Å². The van der Waals surface area contributed by atoms with Gasteiger partial charge in [0, 0.05) is 23.8 Å². The molecule has 0 radical (unpaired) electrons. The Kier molecular flexibility index (Phi) is 5.07. The van der Waals surface area contributed by atoms with Crippen LogP contribution in [0.3, 0.4) is 0 Å². The van der Waals surface area contributed by atoms with E-state index in [0.717, 1.165) is 16.7 Å². The average molecular weight is 414 g/mol. The summed E-state index contributed by atoms with van der Waals surface area (Å²) < 4.78 is 0. The summed E-state index contributed by atoms with van der Waals surface area (Å²) in [6.07, 6.45) is 1.56. The second-order valence-corrected chi connectivity index (χ2v) is 7.92. The van der Waals surface area contributed by atoms with Crippen LogP contribution in [0.4, 0.5) is 11.4 Å². The summed E-state index contributed by atoms with van der Waals surface area (Å²) in [5.41, 5.74) is 10.9. The van der Waals surface area contributed by atoms with Crippen LogP contribution in [0.25, 0.3) is 0 Å². The summed E-state index contributed by atoms with van der Waals surface area (Å²) >= 11 is 0. The first-order chi connectivity index (χ1) is 14.8. The minimum Gasteiger partial charge on any atom is -0.384 e. The predicted molar refractivity (Wildman–Crippen MR) is 117 cm³/mol. The number of hydrogen-bond donors (Lipinski definition) is 1. The lowest BCUT2D eigenvalue weighted by Gasteiger charge is -2.39. The largest absolute Gasteiger partial charge is 0.384 e. The van der Waals surface area contributed by atoms with E-state index >= 15 is 0 Å². The number of nitro groups is 1. The van der Waals surface area contributed by atoms with Gasteiger partial charge in [-0.05, 0) is 43.9 Å². The molecule has 1 atom stereocenters. The number of nitro benzene ring substituents is 1. The van der Waals surface area contributed by atoms with E-state index in [2.05, 4.69) is 6.07 Å². The van der Waals surface area contributed by atoms with Gasteiger partial charge in [-0.1, -0.05) is 35.9 Å². The maximum atomic E-state index is 13.2. The van der Waals surface area contributed by atoms with Gasteiger partial charge >= 0.3 is 0 Å². The van der Waals surface area contributed by atoms with Gasteiger partial charge in [0.1, 0.15) is 11.5 Å². The summed E-state index contributed by atoms with van der Waals surface area (Å²) in [5, 5.41) is 21.8. The first-order valence-corrected chi connectivity index (χ1v) is 10.1. The Morgan fingerprint density at radius 2 is 1.94 bits per heavy atom. The lowest BCUT2D eigenvalue weighted by atomic mass is 9.74. The van der Waals surface area contributed by atoms with E-state index in [4.69, 9.17) is 5.73 Å². The van der Waals surface area contributed by atoms with Crippen LogP contribution < -0.4 is 10.6 Å². The Morgan fingerprint density at radius 1 is 1.19 bits per heavy atom. The van der Waals surface area contributed by atoms with Crippen LogP contribution in [-0.2, 0) is 4.79 Å². The molecule has 2 aromatic carbocycles. The van der Waals surface area contributed by atoms with E-state index in [9.17, 15) is 20.2 Å². The zero-order chi connectivity index (χ0) is 22.3. The quantitative estimate of drug-likeness (QED) is 0.584. The SMILES string of the molecule is Cc1ccc(C)c(C2C(C#N)=C(N)N(c3ccccc3[N+](=O)[O-])C3=C2C(=O)CCC3)c1. The number of nitrogens with zero attached hydrogens (tertiary/aromatic N) is 3. The maximum Gasteiger partial charge on any atom is 0.293 e. The van der Waals surface area contributed by atoms with Crippen molar-refractivity contribution in [3.05, 3.63) is 91.9 Å². The average Bonchev–Trinajstić information content (AvgIpc) is 2.75. The molecule has 1 aliphatic carbocycles. The number of aryl methyl sites for hydroxylation is 2. The molecule has 1 aliphatic heterocycles. The van der Waals surface area contributed by atoms with Gasteiger partial charge in [0.25, 0.3) is 5.69 Å². The fourth-order valence-corrected chi connectivity index (χ4v) is 4.55. The zero-order valence-electron chi connectivity index (χ0n) is 17.4. The number of nitriles is 1. The molecule has 156 valence electrons. The summed E-state index contributed by atoms with van der Waals surface area (Å²) in [7, 11) is 0. The second-order valence-electron chi connectivity index (χ2n) is 7.92. The fourth-order valence-electron chi connectivity index (χ4n) is 4.55. The minimum atomic E-state index is -0.577. The van der Waals surface area contributed by atoms with Crippen LogP contribution in [0.1, 0.15) is 41.9 Å². The number of nitrogens with two attached hydrogens (primary N) is 1. The van der Waals surface area contributed by atoms with Crippen LogP contribution >= 0.6 is 0 Å². The van der Waals surface area contributed by atoms with Crippen molar-refractivity contribution >= 4 is 17.2 Å². The fraction of sp³-hybridized carbons (Fsp3) is 0.250. The van der Waals surface area contributed by atoms with Crippen LogP contribution in [-0.4, -0.2) is 10.7 Å². The molecule has 1 unspecified atom stereocenters. The van der Waals surface area contributed by atoms with Gasteiger partial charge in [-0.15, -0.1) is 0 Å². The second kappa shape index (κ2) is 7.73. The van der Waals surface area contributed by atoms with E-state index in [0.29, 0.717) is 30.5 Å². The van der Waals surface area contributed by atoms with Gasteiger partial charge in [0.05, 0.1) is 22.5 Å². The number of benzene rings is 2. The third-order valence-electron chi connectivity index (χ3n) is 5.98. The number of carbonyl (C=O) groups is 1. The molecule has 1 heterocycles. The molecule has 0 spiro atoms. The number of ketones is 1. The molecule has 2 aliphatic rings. The molecule has 2 N–H and O–H groups in total. The Hall–Kier alpha value is -3.92.